The molecule has 0 N–H and O–H groups in total. The van der Waals surface area contributed by atoms with Crippen molar-refractivity contribution in [2.45, 2.75) is 31.8 Å². The molecule has 3 aromatic heterocycles. The van der Waals surface area contributed by atoms with E-state index in [1.165, 1.54) is 34.0 Å². The van der Waals surface area contributed by atoms with Crippen LogP contribution in [-0.4, -0.2) is 46.1 Å². The summed E-state index contributed by atoms with van der Waals surface area (Å²) in [6, 6.07) is 12.2. The topological polar surface area (TPSA) is 90.1 Å². The Kier molecular flexibility index (Phi) is 5.54. The standard InChI is InChI=1S/C21H23N5O3S2/c1-5-25-18-9-7-15(31(28,29)24(3)4)12-17(18)22-20(25)13-26-21(27)11-8-16(23-26)19-10-6-14(2)30-19/h6-12H,5,13H2,1-4H3. The van der Waals surface area contributed by atoms with Gasteiger partial charge >= 0.3 is 0 Å². The highest BCUT2D eigenvalue weighted by molar-refractivity contribution is 7.89. The van der Waals surface area contributed by atoms with Crippen molar-refractivity contribution in [1.82, 2.24) is 23.6 Å². The molecular formula is C21H23N5O3S2. The lowest BCUT2D eigenvalue weighted by Gasteiger charge is -2.11. The summed E-state index contributed by atoms with van der Waals surface area (Å²) in [7, 11) is -0.569. The van der Waals surface area contributed by atoms with E-state index in [2.05, 4.69) is 10.1 Å². The van der Waals surface area contributed by atoms with Gasteiger partial charge in [0.15, 0.2) is 0 Å². The van der Waals surface area contributed by atoms with Crippen LogP contribution in [-0.2, 0) is 23.1 Å². The molecule has 0 aliphatic heterocycles. The van der Waals surface area contributed by atoms with Gasteiger partial charge in [0.05, 0.1) is 20.8 Å². The minimum Gasteiger partial charge on any atom is -0.327 e. The van der Waals surface area contributed by atoms with Crippen LogP contribution in [0, 0.1) is 6.92 Å². The first-order chi connectivity index (χ1) is 14.7. The van der Waals surface area contributed by atoms with Crippen molar-refractivity contribution < 1.29 is 8.42 Å². The number of imidazole rings is 1. The van der Waals surface area contributed by atoms with Crippen molar-refractivity contribution in [2.24, 2.45) is 0 Å². The predicted molar refractivity (Wildman–Crippen MR) is 122 cm³/mol. The summed E-state index contributed by atoms with van der Waals surface area (Å²) in [5.41, 5.74) is 1.89. The normalized spacial score (nSPS) is 12.2. The number of sulfonamides is 1. The molecule has 0 atom stereocenters. The fourth-order valence-electron chi connectivity index (χ4n) is 3.40. The molecular weight excluding hydrogens is 434 g/mol. The van der Waals surface area contributed by atoms with E-state index in [1.807, 2.05) is 30.5 Å². The summed E-state index contributed by atoms with van der Waals surface area (Å²) in [5, 5.41) is 4.54. The molecule has 0 unspecified atom stereocenters. The van der Waals surface area contributed by atoms with E-state index in [4.69, 9.17) is 0 Å². The zero-order valence-corrected chi connectivity index (χ0v) is 19.4. The Morgan fingerprint density at radius 2 is 1.87 bits per heavy atom. The summed E-state index contributed by atoms with van der Waals surface area (Å²) in [5.74, 6) is 0.644. The molecule has 8 nitrogen and oxygen atoms in total. The number of nitrogens with zero attached hydrogens (tertiary/aromatic N) is 5. The van der Waals surface area contributed by atoms with Crippen molar-refractivity contribution in [1.29, 1.82) is 0 Å². The lowest BCUT2D eigenvalue weighted by molar-refractivity contribution is 0.521. The number of rotatable bonds is 6. The summed E-state index contributed by atoms with van der Waals surface area (Å²) in [6.07, 6.45) is 0. The minimum absolute atomic E-state index is 0.183. The van der Waals surface area contributed by atoms with Crippen LogP contribution in [0.5, 0.6) is 0 Å². The Labute approximate surface area is 184 Å². The number of fused-ring (bicyclic) bond motifs is 1. The van der Waals surface area contributed by atoms with Crippen LogP contribution in [0.3, 0.4) is 0 Å². The van der Waals surface area contributed by atoms with Crippen molar-refractivity contribution >= 4 is 32.4 Å². The molecule has 0 spiro atoms. The van der Waals surface area contributed by atoms with Gasteiger partial charge in [0, 0.05) is 31.6 Å². The molecule has 4 rings (SSSR count). The molecule has 4 aromatic rings. The maximum absolute atomic E-state index is 12.5. The van der Waals surface area contributed by atoms with Gasteiger partial charge in [0.25, 0.3) is 5.56 Å². The van der Waals surface area contributed by atoms with Gasteiger partial charge in [-0.1, -0.05) is 0 Å². The molecule has 0 aliphatic carbocycles. The van der Waals surface area contributed by atoms with Crippen LogP contribution in [0.25, 0.3) is 21.6 Å². The second-order valence-corrected chi connectivity index (χ2v) is 10.8. The third kappa shape index (κ3) is 3.93. The van der Waals surface area contributed by atoms with Gasteiger partial charge in [0.1, 0.15) is 18.1 Å². The van der Waals surface area contributed by atoms with Crippen LogP contribution in [0.2, 0.25) is 0 Å². The third-order valence-electron chi connectivity index (χ3n) is 5.04. The number of benzene rings is 1. The van der Waals surface area contributed by atoms with Gasteiger partial charge in [0.2, 0.25) is 10.0 Å². The first kappa shape index (κ1) is 21.4. The zero-order valence-electron chi connectivity index (χ0n) is 17.7. The van der Waals surface area contributed by atoms with Crippen LogP contribution < -0.4 is 5.56 Å². The van der Waals surface area contributed by atoms with Gasteiger partial charge in [-0.2, -0.15) is 5.10 Å². The van der Waals surface area contributed by atoms with Crippen molar-refractivity contribution in [3.8, 4) is 10.6 Å². The maximum atomic E-state index is 12.5. The van der Waals surface area contributed by atoms with Gasteiger partial charge in [-0.05, 0) is 50.2 Å². The number of hydrogen-bond acceptors (Lipinski definition) is 6. The summed E-state index contributed by atoms with van der Waals surface area (Å²) in [4.78, 5) is 19.5. The van der Waals surface area contributed by atoms with E-state index >= 15 is 0 Å². The second-order valence-electron chi connectivity index (χ2n) is 7.33. The van der Waals surface area contributed by atoms with E-state index in [-0.39, 0.29) is 17.0 Å². The molecule has 10 heteroatoms. The van der Waals surface area contributed by atoms with Gasteiger partial charge < -0.3 is 4.57 Å². The molecule has 0 fully saturated rings. The van der Waals surface area contributed by atoms with Crippen LogP contribution in [0.1, 0.15) is 17.6 Å². The van der Waals surface area contributed by atoms with Crippen LogP contribution >= 0.6 is 11.3 Å². The molecule has 0 saturated carbocycles. The second kappa shape index (κ2) is 8.03. The highest BCUT2D eigenvalue weighted by Gasteiger charge is 2.20. The number of aryl methyl sites for hydroxylation is 2. The molecule has 0 aliphatic rings. The highest BCUT2D eigenvalue weighted by atomic mass is 32.2. The number of thiophene rings is 1. The van der Waals surface area contributed by atoms with E-state index < -0.39 is 10.0 Å². The lowest BCUT2D eigenvalue weighted by atomic mass is 10.3. The Bertz CT molecular complexity index is 1430. The average Bonchev–Trinajstić information content (AvgIpc) is 3.31. The SMILES string of the molecule is CCn1c(Cn2nc(-c3ccc(C)s3)ccc2=O)nc2cc(S(=O)(=O)N(C)C)ccc21. The maximum Gasteiger partial charge on any atom is 0.267 e. The van der Waals surface area contributed by atoms with Crippen LogP contribution in [0.4, 0.5) is 0 Å². The van der Waals surface area contributed by atoms with E-state index in [1.54, 1.807) is 35.6 Å². The molecule has 0 saturated heterocycles. The minimum atomic E-state index is -3.56. The smallest absolute Gasteiger partial charge is 0.267 e. The molecule has 3 heterocycles. The van der Waals surface area contributed by atoms with E-state index in [0.29, 0.717) is 17.9 Å². The molecule has 1 aromatic carbocycles. The zero-order chi connectivity index (χ0) is 22.3. The Morgan fingerprint density at radius 1 is 1.10 bits per heavy atom. The number of hydrogen-bond donors (Lipinski definition) is 0. The summed E-state index contributed by atoms with van der Waals surface area (Å²) in [6.45, 7) is 4.83. The lowest BCUT2D eigenvalue weighted by Crippen LogP contribution is -2.24. The molecule has 0 radical (unpaired) electrons. The van der Waals surface area contributed by atoms with E-state index in [0.717, 1.165) is 16.1 Å². The van der Waals surface area contributed by atoms with Gasteiger partial charge in [-0.25, -0.2) is 22.4 Å². The Morgan fingerprint density at radius 3 is 2.52 bits per heavy atom. The summed E-state index contributed by atoms with van der Waals surface area (Å²) < 4.78 is 29.5. The molecule has 0 amide bonds. The average molecular weight is 458 g/mol. The monoisotopic (exact) mass is 457 g/mol. The van der Waals surface area contributed by atoms with Gasteiger partial charge in [-0.15, -0.1) is 11.3 Å². The Hall–Kier alpha value is -2.82. The molecule has 31 heavy (non-hydrogen) atoms. The first-order valence-corrected chi connectivity index (χ1v) is 12.0. The third-order valence-corrected chi connectivity index (χ3v) is 7.88. The number of aromatic nitrogens is 4. The predicted octanol–water partition coefficient (Wildman–Crippen LogP) is 2.95. The van der Waals surface area contributed by atoms with Crippen LogP contribution in [0.15, 0.2) is 52.2 Å². The van der Waals surface area contributed by atoms with Crippen molar-refractivity contribution in [3.63, 3.8) is 0 Å². The van der Waals surface area contributed by atoms with Gasteiger partial charge in [-0.3, -0.25) is 4.79 Å². The molecule has 0 bridgehead atoms. The largest absolute Gasteiger partial charge is 0.327 e. The molecule has 162 valence electrons. The summed E-state index contributed by atoms with van der Waals surface area (Å²) >= 11 is 1.62. The quantitative estimate of drug-likeness (QED) is 0.444. The highest BCUT2D eigenvalue weighted by Crippen LogP contribution is 2.26. The fraction of sp³-hybridized carbons (Fsp3) is 0.286. The first-order valence-electron chi connectivity index (χ1n) is 9.77. The van der Waals surface area contributed by atoms with E-state index in [9.17, 15) is 13.2 Å². The van der Waals surface area contributed by atoms with Crippen molar-refractivity contribution in [2.75, 3.05) is 14.1 Å². The fourth-order valence-corrected chi connectivity index (χ4v) is 5.16. The van der Waals surface area contributed by atoms with Crippen molar-refractivity contribution in [3.05, 3.63) is 63.5 Å². The Balaban J connectivity index is 1.77.